The summed E-state index contributed by atoms with van der Waals surface area (Å²) in [7, 11) is 0. The minimum atomic E-state index is -0.774. The summed E-state index contributed by atoms with van der Waals surface area (Å²) < 4.78 is 16.6. The molecule has 6 nitrogen and oxygen atoms in total. The first-order valence-corrected chi connectivity index (χ1v) is 26.9. The van der Waals surface area contributed by atoms with E-state index in [-0.39, 0.29) is 31.1 Å². The van der Waals surface area contributed by atoms with Gasteiger partial charge in [0.2, 0.25) is 0 Å². The average Bonchev–Trinajstić information content (AvgIpc) is 3.31. The maximum absolute atomic E-state index is 12.6. The standard InChI is InChI=1S/C60H98O6/c1-4-7-10-13-15-17-18-19-20-21-22-23-24-25-26-27-28-29-30-31-32-33-34-35-36-37-38-39-40-41-42-43-45-47-50-53-59(62)65-56-57(55-64-58(61)52-49-46-12-9-6-3)66-60(63)54-51-48-44-16-14-11-8-5-2/h7,10,15,17,19-20,22-23,25-26,28-29,31-32,34-35,37-38,57H,4-6,8-9,11-14,16,18,21,24,27,30,33,36,39-56H2,1-3H3/b10-7-,17-15-,20-19-,23-22-,26-25-,29-28-,32-31-,35-34-,38-37-. The Bertz CT molecular complexity index is 1370. The fraction of sp³-hybridized carbons (Fsp3) is 0.650. The number of carbonyl (C=O) groups is 3. The van der Waals surface area contributed by atoms with Gasteiger partial charge in [0, 0.05) is 19.3 Å². The quantitative estimate of drug-likeness (QED) is 0.0262. The van der Waals surface area contributed by atoms with E-state index in [2.05, 4.69) is 130 Å². The zero-order chi connectivity index (χ0) is 47.9. The first-order chi connectivity index (χ1) is 32.5. The van der Waals surface area contributed by atoms with Crippen molar-refractivity contribution in [3.63, 3.8) is 0 Å². The summed E-state index contributed by atoms with van der Waals surface area (Å²) in [6.07, 6.45) is 72.9. The van der Waals surface area contributed by atoms with E-state index in [0.717, 1.165) is 128 Å². The molecule has 0 fully saturated rings. The fourth-order valence-corrected chi connectivity index (χ4v) is 7.02. The zero-order valence-electron chi connectivity index (χ0n) is 42.7. The van der Waals surface area contributed by atoms with Gasteiger partial charge in [-0.3, -0.25) is 14.4 Å². The SMILES string of the molecule is CC/C=C\C/C=C\C/C=C\C/C=C\C/C=C\C/C=C\C/C=C\C/C=C\C/C=C\CCCCCCCCCC(=O)OCC(COC(=O)CCCCCCC)OC(=O)CCCCCCCCCC. The maximum atomic E-state index is 12.6. The van der Waals surface area contributed by atoms with Gasteiger partial charge in [-0.05, 0) is 89.9 Å². The van der Waals surface area contributed by atoms with Crippen molar-refractivity contribution in [3.8, 4) is 0 Å². The van der Waals surface area contributed by atoms with E-state index in [1.165, 1.54) is 64.2 Å². The highest BCUT2D eigenvalue weighted by atomic mass is 16.6. The second-order valence-corrected chi connectivity index (χ2v) is 17.4. The highest BCUT2D eigenvalue weighted by Crippen LogP contribution is 2.13. The molecule has 374 valence electrons. The Hall–Kier alpha value is -3.93. The molecule has 0 aliphatic heterocycles. The third-order valence-electron chi connectivity index (χ3n) is 11.0. The Balaban J connectivity index is 3.99. The molecule has 0 saturated carbocycles. The second-order valence-electron chi connectivity index (χ2n) is 17.4. The molecule has 0 bridgehead atoms. The van der Waals surface area contributed by atoms with Crippen LogP contribution in [0, 0.1) is 0 Å². The van der Waals surface area contributed by atoms with Crippen molar-refractivity contribution >= 4 is 17.9 Å². The normalized spacial score (nSPS) is 13.0. The topological polar surface area (TPSA) is 78.9 Å². The summed E-state index contributed by atoms with van der Waals surface area (Å²) in [4.78, 5) is 37.4. The van der Waals surface area contributed by atoms with Gasteiger partial charge >= 0.3 is 17.9 Å². The van der Waals surface area contributed by atoms with Crippen LogP contribution in [0.2, 0.25) is 0 Å². The summed E-state index contributed by atoms with van der Waals surface area (Å²) in [5.41, 5.74) is 0. The Morgan fingerprint density at radius 3 is 0.924 bits per heavy atom. The van der Waals surface area contributed by atoms with Crippen molar-refractivity contribution in [1.29, 1.82) is 0 Å². The van der Waals surface area contributed by atoms with Gasteiger partial charge < -0.3 is 14.2 Å². The molecule has 0 heterocycles. The minimum Gasteiger partial charge on any atom is -0.462 e. The minimum absolute atomic E-state index is 0.0811. The van der Waals surface area contributed by atoms with E-state index in [0.29, 0.717) is 19.3 Å². The van der Waals surface area contributed by atoms with Crippen LogP contribution in [0.4, 0.5) is 0 Å². The Kier molecular flexibility index (Phi) is 50.5. The smallest absolute Gasteiger partial charge is 0.306 e. The highest BCUT2D eigenvalue weighted by Gasteiger charge is 2.19. The van der Waals surface area contributed by atoms with E-state index in [9.17, 15) is 14.4 Å². The first kappa shape index (κ1) is 62.1. The van der Waals surface area contributed by atoms with Crippen LogP contribution in [0.5, 0.6) is 0 Å². The molecule has 0 aliphatic carbocycles. The lowest BCUT2D eigenvalue weighted by Gasteiger charge is -2.18. The number of carbonyl (C=O) groups excluding carboxylic acids is 3. The number of allylic oxidation sites excluding steroid dienone is 18. The summed E-state index contributed by atoms with van der Waals surface area (Å²) in [5.74, 6) is -0.917. The van der Waals surface area contributed by atoms with Crippen molar-refractivity contribution in [1.82, 2.24) is 0 Å². The number of rotatable bonds is 47. The molecular weight excluding hydrogens is 817 g/mol. The highest BCUT2D eigenvalue weighted by molar-refractivity contribution is 5.71. The molecule has 0 saturated heterocycles. The molecular formula is C60H98O6. The first-order valence-electron chi connectivity index (χ1n) is 26.9. The molecule has 0 aromatic heterocycles. The molecule has 0 N–H and O–H groups in total. The molecule has 0 aromatic rings. The van der Waals surface area contributed by atoms with Crippen LogP contribution < -0.4 is 0 Å². The van der Waals surface area contributed by atoms with E-state index in [1.54, 1.807) is 0 Å². The molecule has 0 radical (unpaired) electrons. The third kappa shape index (κ3) is 51.1. The summed E-state index contributed by atoms with van der Waals surface area (Å²) in [6, 6.07) is 0. The molecule has 66 heavy (non-hydrogen) atoms. The molecule has 0 aromatic carbocycles. The largest absolute Gasteiger partial charge is 0.462 e. The van der Waals surface area contributed by atoms with E-state index < -0.39 is 6.10 Å². The maximum Gasteiger partial charge on any atom is 0.306 e. The number of esters is 3. The van der Waals surface area contributed by atoms with E-state index in [4.69, 9.17) is 14.2 Å². The third-order valence-corrected chi connectivity index (χ3v) is 11.0. The monoisotopic (exact) mass is 915 g/mol. The van der Waals surface area contributed by atoms with Crippen molar-refractivity contribution in [2.24, 2.45) is 0 Å². The Morgan fingerprint density at radius 1 is 0.318 bits per heavy atom. The van der Waals surface area contributed by atoms with Gasteiger partial charge in [-0.2, -0.15) is 0 Å². The lowest BCUT2D eigenvalue weighted by atomic mass is 10.1. The van der Waals surface area contributed by atoms with Gasteiger partial charge in [-0.25, -0.2) is 0 Å². The van der Waals surface area contributed by atoms with Gasteiger partial charge in [-0.15, -0.1) is 0 Å². The molecule has 0 spiro atoms. The van der Waals surface area contributed by atoms with Gasteiger partial charge in [0.05, 0.1) is 0 Å². The summed E-state index contributed by atoms with van der Waals surface area (Å²) in [5, 5.41) is 0. The number of ether oxygens (including phenoxy) is 3. The average molecular weight is 915 g/mol. The predicted molar refractivity (Wildman–Crippen MR) is 283 cm³/mol. The van der Waals surface area contributed by atoms with Crippen molar-refractivity contribution < 1.29 is 28.6 Å². The zero-order valence-corrected chi connectivity index (χ0v) is 42.7. The Labute approximate surface area is 406 Å². The van der Waals surface area contributed by atoms with Crippen LogP contribution in [-0.2, 0) is 28.6 Å². The second kappa shape index (κ2) is 53.7. The Morgan fingerprint density at radius 2 is 0.591 bits per heavy atom. The van der Waals surface area contributed by atoms with Crippen LogP contribution in [0.3, 0.4) is 0 Å². The number of hydrogen-bond acceptors (Lipinski definition) is 6. The van der Waals surface area contributed by atoms with Gasteiger partial charge in [0.25, 0.3) is 0 Å². The molecule has 1 atom stereocenters. The lowest BCUT2D eigenvalue weighted by molar-refractivity contribution is -0.167. The van der Waals surface area contributed by atoms with Crippen LogP contribution in [0.15, 0.2) is 109 Å². The van der Waals surface area contributed by atoms with E-state index >= 15 is 0 Å². The van der Waals surface area contributed by atoms with Gasteiger partial charge in [-0.1, -0.05) is 233 Å². The van der Waals surface area contributed by atoms with Crippen LogP contribution in [0.1, 0.15) is 233 Å². The van der Waals surface area contributed by atoms with Crippen molar-refractivity contribution in [3.05, 3.63) is 109 Å². The lowest BCUT2D eigenvalue weighted by Crippen LogP contribution is -2.30. The fourth-order valence-electron chi connectivity index (χ4n) is 7.02. The number of unbranched alkanes of at least 4 members (excludes halogenated alkanes) is 18. The van der Waals surface area contributed by atoms with Crippen LogP contribution in [-0.4, -0.2) is 37.2 Å². The van der Waals surface area contributed by atoms with Crippen LogP contribution in [0.25, 0.3) is 0 Å². The van der Waals surface area contributed by atoms with Crippen molar-refractivity contribution in [2.45, 2.75) is 239 Å². The summed E-state index contributed by atoms with van der Waals surface area (Å²) >= 11 is 0. The molecule has 1 unspecified atom stereocenters. The van der Waals surface area contributed by atoms with E-state index in [1.807, 2.05) is 0 Å². The number of hydrogen-bond donors (Lipinski definition) is 0. The van der Waals surface area contributed by atoms with Gasteiger partial charge in [0.1, 0.15) is 13.2 Å². The molecule has 0 rings (SSSR count). The van der Waals surface area contributed by atoms with Crippen LogP contribution >= 0.6 is 0 Å². The van der Waals surface area contributed by atoms with Gasteiger partial charge in [0.15, 0.2) is 6.10 Å². The van der Waals surface area contributed by atoms with Crippen molar-refractivity contribution in [2.75, 3.05) is 13.2 Å². The summed E-state index contributed by atoms with van der Waals surface area (Å²) in [6.45, 7) is 6.38. The molecule has 0 aliphatic rings. The molecule has 0 amide bonds. The predicted octanol–water partition coefficient (Wildman–Crippen LogP) is 17.9. The molecule has 6 heteroatoms.